The minimum atomic E-state index is -0.979. The Bertz CT molecular complexity index is 1210. The van der Waals surface area contributed by atoms with E-state index in [-0.39, 0.29) is 23.2 Å². The minimum Gasteiger partial charge on any atom is -0.493 e. The third kappa shape index (κ3) is 4.40. The number of carbonyl (C=O) groups excluding carboxylic acids is 1. The SMILES string of the molecule is COc1ccc(C23CCC(NC(=O)Nc4ccc(F)c(F)c4)CC2N(C2CC4CCC2C4)CC3)cc1OC. The zero-order chi connectivity index (χ0) is 26.4. The van der Waals surface area contributed by atoms with E-state index in [9.17, 15) is 13.6 Å². The molecule has 0 radical (unpaired) electrons. The Morgan fingerprint density at radius 1 is 0.947 bits per heavy atom. The van der Waals surface area contributed by atoms with Crippen LogP contribution in [0.3, 0.4) is 0 Å². The van der Waals surface area contributed by atoms with E-state index in [0.717, 1.165) is 67.7 Å². The largest absolute Gasteiger partial charge is 0.493 e. The number of hydrogen-bond acceptors (Lipinski definition) is 4. The van der Waals surface area contributed by atoms with Crippen LogP contribution < -0.4 is 20.1 Å². The second-order valence-electron chi connectivity index (χ2n) is 11.7. The molecule has 3 aliphatic carbocycles. The Balaban J connectivity index is 1.24. The van der Waals surface area contributed by atoms with Gasteiger partial charge < -0.3 is 20.1 Å². The molecule has 0 spiro atoms. The fourth-order valence-electron chi connectivity index (χ4n) is 8.14. The van der Waals surface area contributed by atoms with Gasteiger partial charge in [-0.2, -0.15) is 0 Å². The monoisotopic (exact) mass is 525 g/mol. The van der Waals surface area contributed by atoms with Crippen molar-refractivity contribution < 1.29 is 23.0 Å². The van der Waals surface area contributed by atoms with Gasteiger partial charge in [-0.25, -0.2) is 13.6 Å². The van der Waals surface area contributed by atoms with E-state index < -0.39 is 11.6 Å². The van der Waals surface area contributed by atoms with Gasteiger partial charge in [0.15, 0.2) is 23.1 Å². The predicted molar refractivity (Wildman–Crippen MR) is 142 cm³/mol. The number of hydrogen-bond donors (Lipinski definition) is 2. The normalized spacial score (nSPS) is 32.2. The molecule has 204 valence electrons. The Hall–Kier alpha value is -2.87. The van der Waals surface area contributed by atoms with Crippen molar-refractivity contribution in [3.63, 3.8) is 0 Å². The highest BCUT2D eigenvalue weighted by molar-refractivity contribution is 5.89. The lowest BCUT2D eigenvalue weighted by atomic mass is 9.64. The molecule has 0 aromatic heterocycles. The number of halogens is 2. The summed E-state index contributed by atoms with van der Waals surface area (Å²) in [4.78, 5) is 15.6. The summed E-state index contributed by atoms with van der Waals surface area (Å²) in [5.41, 5.74) is 1.52. The fraction of sp³-hybridized carbons (Fsp3) is 0.567. The Morgan fingerprint density at radius 2 is 1.79 bits per heavy atom. The molecule has 6 atom stereocenters. The lowest BCUT2D eigenvalue weighted by molar-refractivity contribution is 0.0744. The van der Waals surface area contributed by atoms with Gasteiger partial charge in [-0.15, -0.1) is 0 Å². The van der Waals surface area contributed by atoms with Gasteiger partial charge in [0.05, 0.1) is 14.2 Å². The molecule has 38 heavy (non-hydrogen) atoms. The predicted octanol–water partition coefficient (Wildman–Crippen LogP) is 5.86. The molecule has 6 unspecified atom stereocenters. The number of anilines is 1. The average molecular weight is 526 g/mol. The van der Waals surface area contributed by atoms with Crippen molar-refractivity contribution in [1.29, 1.82) is 0 Å². The molecular formula is C30H37F2N3O3. The fourth-order valence-corrected chi connectivity index (χ4v) is 8.14. The summed E-state index contributed by atoms with van der Waals surface area (Å²) in [5, 5.41) is 5.80. The highest BCUT2D eigenvalue weighted by atomic mass is 19.2. The van der Waals surface area contributed by atoms with Gasteiger partial charge in [0.1, 0.15) is 0 Å². The van der Waals surface area contributed by atoms with Gasteiger partial charge in [0.2, 0.25) is 0 Å². The second-order valence-corrected chi connectivity index (χ2v) is 11.7. The van der Waals surface area contributed by atoms with Crippen LogP contribution in [0, 0.1) is 23.5 Å². The number of urea groups is 1. The van der Waals surface area contributed by atoms with E-state index in [4.69, 9.17) is 9.47 Å². The number of methoxy groups -OCH3 is 2. The van der Waals surface area contributed by atoms with Crippen LogP contribution in [0.1, 0.15) is 56.9 Å². The maximum Gasteiger partial charge on any atom is 0.319 e. The summed E-state index contributed by atoms with van der Waals surface area (Å²) in [5.74, 6) is 1.22. The zero-order valence-electron chi connectivity index (χ0n) is 22.1. The Morgan fingerprint density at radius 3 is 2.50 bits per heavy atom. The molecule has 1 aliphatic heterocycles. The maximum absolute atomic E-state index is 13.6. The van der Waals surface area contributed by atoms with E-state index in [1.54, 1.807) is 14.2 Å². The molecule has 2 N–H and O–H groups in total. The average Bonchev–Trinajstić information content (AvgIpc) is 3.65. The number of nitrogens with zero attached hydrogens (tertiary/aromatic N) is 1. The lowest BCUT2D eigenvalue weighted by Crippen LogP contribution is -2.55. The van der Waals surface area contributed by atoms with Crippen LogP contribution in [0.25, 0.3) is 0 Å². The number of likely N-dealkylation sites (tertiary alicyclic amines) is 1. The van der Waals surface area contributed by atoms with Crippen LogP contribution in [-0.2, 0) is 5.41 Å². The van der Waals surface area contributed by atoms with Gasteiger partial charge in [-0.3, -0.25) is 4.90 Å². The third-order valence-electron chi connectivity index (χ3n) is 9.90. The standard InChI is InChI=1S/C30H37F2N3O3/c1-37-26-8-5-20(15-27(26)38-2)30-10-9-22(34-29(36)33-21-6-7-23(31)24(32)16-21)17-28(30)35(12-11-30)25-14-18-3-4-19(25)13-18/h5-8,15-16,18-19,22,25,28H,3-4,9-14,17H2,1-2H3,(H2,33,34,36). The number of fused-ring (bicyclic) bond motifs is 3. The van der Waals surface area contributed by atoms with E-state index in [1.165, 1.54) is 37.3 Å². The van der Waals surface area contributed by atoms with Crippen molar-refractivity contribution in [2.24, 2.45) is 11.8 Å². The van der Waals surface area contributed by atoms with Crippen LogP contribution in [0.2, 0.25) is 0 Å². The molecule has 6 nitrogen and oxygen atoms in total. The van der Waals surface area contributed by atoms with E-state index in [1.807, 2.05) is 6.07 Å². The molecule has 6 rings (SSSR count). The summed E-state index contributed by atoms with van der Waals surface area (Å²) >= 11 is 0. The number of rotatable bonds is 6. The molecule has 3 saturated carbocycles. The number of benzene rings is 2. The smallest absolute Gasteiger partial charge is 0.319 e. The summed E-state index contributed by atoms with van der Waals surface area (Å²) in [6.07, 6.45) is 9.10. The lowest BCUT2D eigenvalue weighted by Gasteiger charge is -2.48. The number of nitrogens with one attached hydrogen (secondary N) is 2. The maximum atomic E-state index is 13.6. The van der Waals surface area contributed by atoms with Crippen LogP contribution in [0.15, 0.2) is 36.4 Å². The quantitative estimate of drug-likeness (QED) is 0.496. The number of carbonyl (C=O) groups is 1. The molecule has 2 aromatic rings. The van der Waals surface area contributed by atoms with Gasteiger partial charge in [-0.1, -0.05) is 12.5 Å². The number of ether oxygens (including phenoxy) is 2. The highest BCUT2D eigenvalue weighted by Gasteiger charge is 2.56. The first-order valence-electron chi connectivity index (χ1n) is 13.9. The molecule has 1 saturated heterocycles. The Labute approximate surface area is 223 Å². The third-order valence-corrected chi connectivity index (χ3v) is 9.90. The first kappa shape index (κ1) is 25.4. The minimum absolute atomic E-state index is 0.00208. The zero-order valence-corrected chi connectivity index (χ0v) is 22.1. The van der Waals surface area contributed by atoms with E-state index in [0.29, 0.717) is 12.1 Å². The van der Waals surface area contributed by atoms with E-state index in [2.05, 4.69) is 27.7 Å². The molecule has 2 amide bonds. The topological polar surface area (TPSA) is 62.8 Å². The second kappa shape index (κ2) is 10.0. The summed E-state index contributed by atoms with van der Waals surface area (Å²) in [7, 11) is 3.34. The molecule has 8 heteroatoms. The summed E-state index contributed by atoms with van der Waals surface area (Å²) in [6.45, 7) is 1.07. The highest BCUT2D eigenvalue weighted by Crippen LogP contribution is 2.55. The van der Waals surface area contributed by atoms with Crippen LogP contribution >= 0.6 is 0 Å². The Kier molecular flexibility index (Phi) is 6.70. The van der Waals surface area contributed by atoms with Crippen molar-refractivity contribution in [3.8, 4) is 11.5 Å². The van der Waals surface area contributed by atoms with Crippen molar-refractivity contribution in [3.05, 3.63) is 53.6 Å². The van der Waals surface area contributed by atoms with E-state index >= 15 is 0 Å². The van der Waals surface area contributed by atoms with Gasteiger partial charge in [-0.05, 0) is 93.2 Å². The summed E-state index contributed by atoms with van der Waals surface area (Å²) in [6, 6.07) is 10.3. The molecule has 1 heterocycles. The molecule has 2 bridgehead atoms. The number of amides is 2. The van der Waals surface area contributed by atoms with Crippen LogP contribution in [-0.4, -0.2) is 49.8 Å². The summed E-state index contributed by atoms with van der Waals surface area (Å²) < 4.78 is 38.1. The van der Waals surface area contributed by atoms with Crippen molar-refractivity contribution in [1.82, 2.24) is 10.2 Å². The first-order chi connectivity index (χ1) is 18.4. The molecule has 2 aromatic carbocycles. The molecule has 4 aliphatic rings. The van der Waals surface area contributed by atoms with Crippen molar-refractivity contribution >= 4 is 11.7 Å². The van der Waals surface area contributed by atoms with Gasteiger partial charge >= 0.3 is 6.03 Å². The first-order valence-corrected chi connectivity index (χ1v) is 13.9. The van der Waals surface area contributed by atoms with Crippen molar-refractivity contribution in [2.75, 3.05) is 26.1 Å². The van der Waals surface area contributed by atoms with Crippen LogP contribution in [0.5, 0.6) is 11.5 Å². The van der Waals surface area contributed by atoms with Crippen molar-refractivity contribution in [2.45, 2.75) is 74.9 Å². The van der Waals surface area contributed by atoms with Gasteiger partial charge in [0.25, 0.3) is 0 Å². The van der Waals surface area contributed by atoms with Crippen LogP contribution in [0.4, 0.5) is 19.3 Å². The molecule has 4 fully saturated rings. The van der Waals surface area contributed by atoms with Gasteiger partial charge in [0, 0.05) is 35.3 Å². The molecular weight excluding hydrogens is 488 g/mol.